The van der Waals surface area contributed by atoms with Gasteiger partial charge < -0.3 is 5.32 Å². The van der Waals surface area contributed by atoms with Gasteiger partial charge in [-0.1, -0.05) is 12.8 Å². The number of piperidine rings is 1. The van der Waals surface area contributed by atoms with E-state index in [4.69, 9.17) is 0 Å². The van der Waals surface area contributed by atoms with Crippen LogP contribution in [0.5, 0.6) is 0 Å². The Balaban J connectivity index is 1.70. The molecule has 3 rings (SSSR count). The van der Waals surface area contributed by atoms with E-state index < -0.39 is 0 Å². The van der Waals surface area contributed by atoms with E-state index in [0.29, 0.717) is 6.04 Å². The summed E-state index contributed by atoms with van der Waals surface area (Å²) >= 11 is 0. The van der Waals surface area contributed by atoms with Crippen molar-refractivity contribution in [3.05, 3.63) is 0 Å². The van der Waals surface area contributed by atoms with Gasteiger partial charge in [0.2, 0.25) is 0 Å². The number of fused-ring (bicyclic) bond motifs is 2. The predicted molar refractivity (Wildman–Crippen MR) is 72.1 cm³/mol. The molecular formula is C15H28N2. The van der Waals surface area contributed by atoms with Crippen molar-refractivity contribution in [3.8, 4) is 0 Å². The fourth-order valence-electron chi connectivity index (χ4n) is 4.74. The van der Waals surface area contributed by atoms with E-state index in [1.54, 1.807) is 6.42 Å². The summed E-state index contributed by atoms with van der Waals surface area (Å²) in [4.78, 5) is 2.90. The third-order valence-electron chi connectivity index (χ3n) is 5.75. The molecule has 3 fully saturated rings. The molecule has 1 N–H and O–H groups in total. The maximum absolute atomic E-state index is 3.49. The number of hydrogen-bond acceptors (Lipinski definition) is 2. The third-order valence-corrected chi connectivity index (χ3v) is 5.75. The van der Waals surface area contributed by atoms with Crippen LogP contribution in [0.2, 0.25) is 0 Å². The van der Waals surface area contributed by atoms with Crippen LogP contribution in [0.1, 0.15) is 51.9 Å². The minimum atomic E-state index is 0.662. The Bertz CT molecular complexity index is 264. The van der Waals surface area contributed by atoms with Gasteiger partial charge in [-0.25, -0.2) is 0 Å². The second-order valence-corrected chi connectivity index (χ2v) is 6.62. The molecule has 0 amide bonds. The lowest BCUT2D eigenvalue weighted by molar-refractivity contribution is 0.0473. The van der Waals surface area contributed by atoms with E-state index in [1.165, 1.54) is 45.1 Å². The van der Waals surface area contributed by atoms with Crippen LogP contribution in [-0.4, -0.2) is 36.6 Å². The smallest absolute Gasteiger partial charge is 0.0249 e. The molecule has 0 aromatic rings. The minimum Gasteiger partial charge on any atom is -0.316 e. The Kier molecular flexibility index (Phi) is 3.45. The van der Waals surface area contributed by atoms with E-state index in [9.17, 15) is 0 Å². The zero-order valence-corrected chi connectivity index (χ0v) is 11.5. The zero-order valence-electron chi connectivity index (χ0n) is 11.5. The molecule has 2 nitrogen and oxygen atoms in total. The van der Waals surface area contributed by atoms with Crippen LogP contribution in [0, 0.1) is 11.8 Å². The van der Waals surface area contributed by atoms with Crippen LogP contribution in [0.15, 0.2) is 0 Å². The Labute approximate surface area is 106 Å². The normalized spacial score (nSPS) is 44.1. The molecule has 0 radical (unpaired) electrons. The van der Waals surface area contributed by atoms with Gasteiger partial charge in [0.1, 0.15) is 0 Å². The van der Waals surface area contributed by atoms with Gasteiger partial charge >= 0.3 is 0 Å². The Morgan fingerprint density at radius 2 is 2.00 bits per heavy atom. The SMILES string of the molecule is CNC(C)C1CCCCN1C1CC2CCC1C2. The average molecular weight is 236 g/mol. The molecule has 5 atom stereocenters. The van der Waals surface area contributed by atoms with E-state index in [2.05, 4.69) is 24.2 Å². The van der Waals surface area contributed by atoms with E-state index in [-0.39, 0.29) is 0 Å². The molecule has 1 aliphatic heterocycles. The van der Waals surface area contributed by atoms with Gasteiger partial charge in [0.15, 0.2) is 0 Å². The fraction of sp³-hybridized carbons (Fsp3) is 1.00. The lowest BCUT2D eigenvalue weighted by atomic mass is 9.88. The number of likely N-dealkylation sites (tertiary alicyclic amines) is 1. The quantitative estimate of drug-likeness (QED) is 0.810. The van der Waals surface area contributed by atoms with Crippen molar-refractivity contribution < 1.29 is 0 Å². The van der Waals surface area contributed by atoms with Gasteiger partial charge in [0, 0.05) is 18.1 Å². The minimum absolute atomic E-state index is 0.662. The summed E-state index contributed by atoms with van der Waals surface area (Å²) in [7, 11) is 2.12. The van der Waals surface area contributed by atoms with Crippen molar-refractivity contribution in [1.82, 2.24) is 10.2 Å². The highest BCUT2D eigenvalue weighted by Gasteiger charge is 2.44. The summed E-state index contributed by atoms with van der Waals surface area (Å²) < 4.78 is 0. The van der Waals surface area contributed by atoms with Crippen LogP contribution in [0.4, 0.5) is 0 Å². The molecule has 2 bridgehead atoms. The van der Waals surface area contributed by atoms with Crippen LogP contribution >= 0.6 is 0 Å². The van der Waals surface area contributed by atoms with Crippen LogP contribution < -0.4 is 5.32 Å². The van der Waals surface area contributed by atoms with E-state index in [1.807, 2.05) is 0 Å². The number of nitrogens with zero attached hydrogens (tertiary/aromatic N) is 1. The number of nitrogens with one attached hydrogen (secondary N) is 1. The highest BCUT2D eigenvalue weighted by atomic mass is 15.2. The van der Waals surface area contributed by atoms with E-state index >= 15 is 0 Å². The monoisotopic (exact) mass is 236 g/mol. The summed E-state index contributed by atoms with van der Waals surface area (Å²) in [5, 5.41) is 3.49. The average Bonchev–Trinajstić information content (AvgIpc) is 3.00. The van der Waals surface area contributed by atoms with Gasteiger partial charge in [-0.2, -0.15) is 0 Å². The molecule has 3 aliphatic rings. The molecule has 0 aromatic heterocycles. The first-order valence-corrected chi connectivity index (χ1v) is 7.72. The maximum atomic E-state index is 3.49. The molecule has 0 spiro atoms. The summed E-state index contributed by atoms with van der Waals surface area (Å²) in [6, 6.07) is 2.40. The van der Waals surface area contributed by atoms with Crippen molar-refractivity contribution in [1.29, 1.82) is 0 Å². The highest BCUT2D eigenvalue weighted by molar-refractivity contribution is 4.99. The highest BCUT2D eigenvalue weighted by Crippen LogP contribution is 2.47. The van der Waals surface area contributed by atoms with Crippen LogP contribution in [0.25, 0.3) is 0 Å². The molecule has 2 heteroatoms. The first-order chi connectivity index (χ1) is 8.29. The Morgan fingerprint density at radius 1 is 1.12 bits per heavy atom. The zero-order chi connectivity index (χ0) is 11.8. The molecule has 2 aliphatic carbocycles. The summed E-state index contributed by atoms with van der Waals surface area (Å²) in [6.07, 6.45) is 10.4. The van der Waals surface area contributed by atoms with Gasteiger partial charge in [-0.15, -0.1) is 0 Å². The first kappa shape index (κ1) is 12.0. The maximum Gasteiger partial charge on any atom is 0.0249 e. The molecule has 0 aromatic carbocycles. The lowest BCUT2D eigenvalue weighted by Gasteiger charge is -2.45. The Morgan fingerprint density at radius 3 is 2.65 bits per heavy atom. The lowest BCUT2D eigenvalue weighted by Crippen LogP contribution is -2.55. The molecule has 1 saturated heterocycles. The largest absolute Gasteiger partial charge is 0.316 e. The summed E-state index contributed by atoms with van der Waals surface area (Å²) in [6.45, 7) is 3.74. The predicted octanol–water partition coefficient (Wildman–Crippen LogP) is 2.64. The van der Waals surface area contributed by atoms with Crippen molar-refractivity contribution in [3.63, 3.8) is 0 Å². The van der Waals surface area contributed by atoms with Crippen LogP contribution in [0.3, 0.4) is 0 Å². The first-order valence-electron chi connectivity index (χ1n) is 7.72. The third kappa shape index (κ3) is 2.15. The summed E-state index contributed by atoms with van der Waals surface area (Å²) in [5.41, 5.74) is 0. The van der Waals surface area contributed by atoms with Crippen LogP contribution in [-0.2, 0) is 0 Å². The fourth-order valence-corrected chi connectivity index (χ4v) is 4.74. The number of hydrogen-bond donors (Lipinski definition) is 1. The van der Waals surface area contributed by atoms with Gasteiger partial charge in [0.25, 0.3) is 0 Å². The molecule has 17 heavy (non-hydrogen) atoms. The molecule has 5 unspecified atom stereocenters. The van der Waals surface area contributed by atoms with Crippen molar-refractivity contribution in [2.45, 2.75) is 70.0 Å². The van der Waals surface area contributed by atoms with Gasteiger partial charge in [-0.05, 0) is 64.5 Å². The van der Waals surface area contributed by atoms with Gasteiger partial charge in [-0.3, -0.25) is 4.90 Å². The number of rotatable bonds is 3. The van der Waals surface area contributed by atoms with E-state index in [0.717, 1.165) is 23.9 Å². The standard InChI is InChI=1S/C15H28N2/c1-11(16-2)14-5-3-4-8-17(14)15-10-12-6-7-13(15)9-12/h11-16H,3-10H2,1-2H3. The number of likely N-dealkylation sites (N-methyl/N-ethyl adjacent to an activating group) is 1. The van der Waals surface area contributed by atoms with Gasteiger partial charge in [0.05, 0.1) is 0 Å². The topological polar surface area (TPSA) is 15.3 Å². The second kappa shape index (κ2) is 4.89. The Hall–Kier alpha value is -0.0800. The molecule has 2 saturated carbocycles. The summed E-state index contributed by atoms with van der Waals surface area (Å²) in [5.74, 6) is 2.13. The van der Waals surface area contributed by atoms with Crippen molar-refractivity contribution in [2.75, 3.05) is 13.6 Å². The van der Waals surface area contributed by atoms with Crippen molar-refractivity contribution in [2.24, 2.45) is 11.8 Å². The molecule has 1 heterocycles. The molecular weight excluding hydrogens is 208 g/mol. The van der Waals surface area contributed by atoms with Crippen molar-refractivity contribution >= 4 is 0 Å². The molecule has 98 valence electrons. The second-order valence-electron chi connectivity index (χ2n) is 6.62.